The van der Waals surface area contributed by atoms with Gasteiger partial charge in [-0.2, -0.15) is 0 Å². The first-order chi connectivity index (χ1) is 8.79. The van der Waals surface area contributed by atoms with Crippen LogP contribution in [0.3, 0.4) is 0 Å². The van der Waals surface area contributed by atoms with Gasteiger partial charge in [-0.25, -0.2) is 0 Å². The Balaban J connectivity index is 2.55. The van der Waals surface area contributed by atoms with Gasteiger partial charge in [0.1, 0.15) is 0 Å². The molecule has 1 unspecified atom stereocenters. The highest BCUT2D eigenvalue weighted by molar-refractivity contribution is 9.10. The first kappa shape index (κ1) is 16.9. The van der Waals surface area contributed by atoms with Gasteiger partial charge in [0.25, 0.3) is 0 Å². The number of halogens is 1. The van der Waals surface area contributed by atoms with Crippen molar-refractivity contribution < 1.29 is 4.43 Å². The van der Waals surface area contributed by atoms with Crippen molar-refractivity contribution in [2.45, 2.75) is 46.7 Å². The van der Waals surface area contributed by atoms with Crippen LogP contribution in [-0.2, 0) is 10.8 Å². The summed E-state index contributed by atoms with van der Waals surface area (Å²) in [7, 11) is -0.926. The van der Waals surface area contributed by atoms with Crippen LogP contribution in [0.2, 0.25) is 13.1 Å². The van der Waals surface area contributed by atoms with Crippen molar-refractivity contribution in [1.29, 1.82) is 0 Å². The zero-order valence-corrected chi connectivity index (χ0v) is 15.5. The van der Waals surface area contributed by atoms with Crippen molar-refractivity contribution >= 4 is 25.0 Å². The van der Waals surface area contributed by atoms with Crippen LogP contribution in [0, 0.1) is 11.3 Å². The molecule has 4 heteroatoms. The van der Waals surface area contributed by atoms with Crippen molar-refractivity contribution in [3.8, 4) is 0 Å². The molecular formula is C15H26BrNOSi. The standard InChI is InChI=1S/C15H26BrNOSi/c1-15(2,3)12(11-18-19(4)5)6-8-14-9-7-13(16)10-17-14/h7,9-10,12,19H,6,8,11H2,1-5H3. The molecule has 108 valence electrons. The van der Waals surface area contributed by atoms with E-state index in [2.05, 4.69) is 66.9 Å². The van der Waals surface area contributed by atoms with Crippen LogP contribution in [0.1, 0.15) is 32.9 Å². The van der Waals surface area contributed by atoms with Crippen LogP contribution in [0.15, 0.2) is 22.8 Å². The molecule has 0 saturated heterocycles. The topological polar surface area (TPSA) is 22.1 Å². The number of hydrogen-bond acceptors (Lipinski definition) is 2. The van der Waals surface area contributed by atoms with E-state index in [1.54, 1.807) is 0 Å². The Hall–Kier alpha value is -0.193. The number of nitrogens with zero attached hydrogens (tertiary/aromatic N) is 1. The summed E-state index contributed by atoms with van der Waals surface area (Å²) >= 11 is 3.42. The first-order valence-electron chi connectivity index (χ1n) is 7.01. The van der Waals surface area contributed by atoms with Gasteiger partial charge in [-0.05, 0) is 65.3 Å². The molecule has 1 aromatic heterocycles. The van der Waals surface area contributed by atoms with Crippen LogP contribution < -0.4 is 0 Å². The smallest absolute Gasteiger partial charge is 0.170 e. The van der Waals surface area contributed by atoms with Gasteiger partial charge in [-0.3, -0.25) is 4.98 Å². The third-order valence-corrected chi connectivity index (χ3v) is 4.72. The van der Waals surface area contributed by atoms with Gasteiger partial charge in [0, 0.05) is 23.0 Å². The zero-order chi connectivity index (χ0) is 14.5. The van der Waals surface area contributed by atoms with Gasteiger partial charge in [-0.15, -0.1) is 0 Å². The molecule has 1 aromatic rings. The summed E-state index contributed by atoms with van der Waals surface area (Å²) in [5.41, 5.74) is 1.46. The predicted molar refractivity (Wildman–Crippen MR) is 88.0 cm³/mol. The normalized spacial score (nSPS) is 13.8. The predicted octanol–water partition coefficient (Wildman–Crippen LogP) is 4.44. The highest BCUT2D eigenvalue weighted by Crippen LogP contribution is 2.30. The molecule has 0 aliphatic carbocycles. The maximum Gasteiger partial charge on any atom is 0.170 e. The van der Waals surface area contributed by atoms with E-state index >= 15 is 0 Å². The third-order valence-electron chi connectivity index (χ3n) is 3.39. The van der Waals surface area contributed by atoms with Crippen molar-refractivity contribution in [1.82, 2.24) is 4.98 Å². The second-order valence-corrected chi connectivity index (χ2v) is 9.80. The molecule has 0 bridgehead atoms. The summed E-state index contributed by atoms with van der Waals surface area (Å²) in [4.78, 5) is 4.45. The van der Waals surface area contributed by atoms with Gasteiger partial charge in [0.15, 0.2) is 9.04 Å². The van der Waals surface area contributed by atoms with Gasteiger partial charge < -0.3 is 4.43 Å². The molecule has 0 N–H and O–H groups in total. The largest absolute Gasteiger partial charge is 0.420 e. The molecule has 0 amide bonds. The summed E-state index contributed by atoms with van der Waals surface area (Å²) in [6.45, 7) is 12.3. The lowest BCUT2D eigenvalue weighted by Gasteiger charge is -2.31. The molecule has 1 heterocycles. The molecule has 0 fully saturated rings. The fourth-order valence-electron chi connectivity index (χ4n) is 1.95. The van der Waals surface area contributed by atoms with Crippen molar-refractivity contribution in [3.63, 3.8) is 0 Å². The summed E-state index contributed by atoms with van der Waals surface area (Å²) in [5, 5.41) is 0. The monoisotopic (exact) mass is 343 g/mol. The molecule has 2 nitrogen and oxygen atoms in total. The van der Waals surface area contributed by atoms with Gasteiger partial charge in [0.05, 0.1) is 0 Å². The molecule has 0 spiro atoms. The summed E-state index contributed by atoms with van der Waals surface area (Å²) in [6, 6.07) is 4.16. The molecule has 0 aliphatic heterocycles. The Morgan fingerprint density at radius 3 is 2.47 bits per heavy atom. The van der Waals surface area contributed by atoms with Crippen LogP contribution in [0.4, 0.5) is 0 Å². The quantitative estimate of drug-likeness (QED) is 0.712. The number of rotatable bonds is 6. The highest BCUT2D eigenvalue weighted by atomic mass is 79.9. The van der Waals surface area contributed by atoms with E-state index in [1.165, 1.54) is 5.69 Å². The van der Waals surface area contributed by atoms with Crippen molar-refractivity contribution in [2.24, 2.45) is 11.3 Å². The Morgan fingerprint density at radius 2 is 2.00 bits per heavy atom. The maximum absolute atomic E-state index is 5.95. The minimum atomic E-state index is -0.926. The fourth-order valence-corrected chi connectivity index (χ4v) is 2.80. The summed E-state index contributed by atoms with van der Waals surface area (Å²) in [6.07, 6.45) is 4.04. The fraction of sp³-hybridized carbons (Fsp3) is 0.667. The van der Waals surface area contributed by atoms with E-state index in [1.807, 2.05) is 6.20 Å². The molecule has 0 saturated carbocycles. The summed E-state index contributed by atoms with van der Waals surface area (Å²) < 4.78 is 6.99. The van der Waals surface area contributed by atoms with Crippen LogP contribution in [0.25, 0.3) is 0 Å². The number of pyridine rings is 1. The second kappa shape index (κ2) is 7.55. The average Bonchev–Trinajstić information content (AvgIpc) is 2.29. The van der Waals surface area contributed by atoms with Crippen molar-refractivity contribution in [2.75, 3.05) is 6.61 Å². The van der Waals surface area contributed by atoms with E-state index in [0.717, 1.165) is 23.9 Å². The minimum Gasteiger partial charge on any atom is -0.420 e. The SMILES string of the molecule is C[SiH](C)OCC(CCc1ccc(Br)cn1)C(C)(C)C. The Bertz CT molecular complexity index is 373. The first-order valence-corrected chi connectivity index (χ1v) is 10.6. The molecule has 0 aromatic carbocycles. The lowest BCUT2D eigenvalue weighted by molar-refractivity contribution is 0.138. The third kappa shape index (κ3) is 6.68. The van der Waals surface area contributed by atoms with Gasteiger partial charge >= 0.3 is 0 Å². The molecule has 1 atom stereocenters. The van der Waals surface area contributed by atoms with Crippen LogP contribution in [-0.4, -0.2) is 20.6 Å². The number of hydrogen-bond donors (Lipinski definition) is 0. The van der Waals surface area contributed by atoms with Gasteiger partial charge in [-0.1, -0.05) is 20.8 Å². The maximum atomic E-state index is 5.95. The van der Waals surface area contributed by atoms with Crippen LogP contribution >= 0.6 is 15.9 Å². The van der Waals surface area contributed by atoms with E-state index in [4.69, 9.17) is 4.43 Å². The Labute approximate surface area is 127 Å². The molecule has 1 rings (SSSR count). The van der Waals surface area contributed by atoms with Crippen molar-refractivity contribution in [3.05, 3.63) is 28.5 Å². The lowest BCUT2D eigenvalue weighted by Crippen LogP contribution is -2.28. The van der Waals surface area contributed by atoms with Gasteiger partial charge in [0.2, 0.25) is 0 Å². The average molecular weight is 344 g/mol. The summed E-state index contributed by atoms with van der Waals surface area (Å²) in [5.74, 6) is 0.591. The highest BCUT2D eigenvalue weighted by Gasteiger charge is 2.24. The zero-order valence-electron chi connectivity index (χ0n) is 12.7. The van der Waals surface area contributed by atoms with E-state index in [0.29, 0.717) is 11.3 Å². The van der Waals surface area contributed by atoms with E-state index in [-0.39, 0.29) is 0 Å². The van der Waals surface area contributed by atoms with E-state index < -0.39 is 9.04 Å². The number of aromatic nitrogens is 1. The molecule has 0 radical (unpaired) electrons. The van der Waals surface area contributed by atoms with E-state index in [9.17, 15) is 0 Å². The lowest BCUT2D eigenvalue weighted by atomic mass is 9.78. The number of aryl methyl sites for hydroxylation is 1. The Morgan fingerprint density at radius 1 is 1.32 bits per heavy atom. The van der Waals surface area contributed by atoms with Crippen LogP contribution in [0.5, 0.6) is 0 Å². The molecule has 19 heavy (non-hydrogen) atoms. The Kier molecular flexibility index (Phi) is 6.70. The second-order valence-electron chi connectivity index (χ2n) is 6.45. The molecule has 0 aliphatic rings. The minimum absolute atomic E-state index is 0.290. The molecular weight excluding hydrogens is 318 g/mol.